The molecular weight excluding hydrogens is 721 g/mol. The van der Waals surface area contributed by atoms with Crippen LogP contribution in [0.5, 0.6) is 17.2 Å². The van der Waals surface area contributed by atoms with Crippen molar-refractivity contribution in [2.45, 2.75) is 0 Å². The van der Waals surface area contributed by atoms with E-state index in [-0.39, 0.29) is 6.92 Å². The van der Waals surface area contributed by atoms with Crippen LogP contribution in [0.15, 0.2) is 199 Å². The van der Waals surface area contributed by atoms with Crippen molar-refractivity contribution >= 4 is 61.6 Å². The first kappa shape index (κ1) is 32.3. The average molecular weight is 754 g/mol. The molecule has 2 aliphatic rings. The first-order valence-electron chi connectivity index (χ1n) is 20.1. The molecule has 4 nitrogen and oxygen atoms in total. The zero-order chi connectivity index (χ0) is 38.6. The number of para-hydroxylation sites is 5. The quantitative estimate of drug-likeness (QED) is 0.168. The molecular formula is C54H32BNO3. The van der Waals surface area contributed by atoms with E-state index in [4.69, 9.17) is 13.8 Å². The Morgan fingerprint density at radius 2 is 1.03 bits per heavy atom. The van der Waals surface area contributed by atoms with Crippen molar-refractivity contribution in [3.8, 4) is 67.4 Å². The van der Waals surface area contributed by atoms with Crippen molar-refractivity contribution in [1.29, 1.82) is 0 Å². The van der Waals surface area contributed by atoms with Crippen molar-refractivity contribution in [3.63, 3.8) is 0 Å². The minimum absolute atomic E-state index is 0.295. The van der Waals surface area contributed by atoms with Crippen LogP contribution in [0.2, 0.25) is 0 Å². The summed E-state index contributed by atoms with van der Waals surface area (Å²) in [4.78, 5) is 0. The molecule has 13 rings (SSSR count). The van der Waals surface area contributed by atoms with Crippen molar-refractivity contribution < 1.29 is 13.8 Å². The number of rotatable bonds is 4. The molecule has 0 radical (unpaired) electrons. The van der Waals surface area contributed by atoms with Gasteiger partial charge >= 0.3 is 6.92 Å². The summed E-state index contributed by atoms with van der Waals surface area (Å²) >= 11 is 0. The summed E-state index contributed by atoms with van der Waals surface area (Å²) in [6.45, 7) is -0.295. The summed E-state index contributed by atoms with van der Waals surface area (Å²) in [7, 11) is 0. The van der Waals surface area contributed by atoms with Gasteiger partial charge in [0.1, 0.15) is 28.4 Å². The topological polar surface area (TPSA) is 36.5 Å². The number of furan rings is 1. The second-order valence-corrected chi connectivity index (χ2v) is 15.6. The molecule has 5 heteroatoms. The van der Waals surface area contributed by atoms with E-state index in [0.29, 0.717) is 0 Å². The Kier molecular flexibility index (Phi) is 6.78. The second kappa shape index (κ2) is 12.4. The SMILES string of the molecule is c1cc(-c2cc3c4c(c2)-c2ccccc2OB4c2ccc(-c4ccc(-n5c6ccccc6c6ccccc65)cc4)cc2O3)cc(-c2cccc3c2oc2ccccc23)c1. The van der Waals surface area contributed by atoms with E-state index in [1.807, 2.05) is 18.2 Å². The van der Waals surface area contributed by atoms with Crippen LogP contribution in [0.25, 0.3) is 93.9 Å². The van der Waals surface area contributed by atoms with Gasteiger partial charge in [-0.05, 0) is 94.0 Å². The third-order valence-corrected chi connectivity index (χ3v) is 12.3. The summed E-state index contributed by atoms with van der Waals surface area (Å²) in [6, 6.07) is 68.8. The van der Waals surface area contributed by atoms with Crippen LogP contribution < -0.4 is 20.3 Å². The van der Waals surface area contributed by atoms with Crippen molar-refractivity contribution in [3.05, 3.63) is 194 Å². The molecule has 0 saturated carbocycles. The lowest BCUT2D eigenvalue weighted by Gasteiger charge is -2.33. The highest BCUT2D eigenvalue weighted by molar-refractivity contribution is 6.84. The molecule has 59 heavy (non-hydrogen) atoms. The van der Waals surface area contributed by atoms with Gasteiger partial charge in [0.05, 0.1) is 11.0 Å². The van der Waals surface area contributed by atoms with Crippen LogP contribution in [0.1, 0.15) is 0 Å². The molecule has 2 aliphatic heterocycles. The van der Waals surface area contributed by atoms with Crippen LogP contribution in [0.4, 0.5) is 0 Å². The van der Waals surface area contributed by atoms with Crippen molar-refractivity contribution in [1.82, 2.24) is 4.57 Å². The molecule has 0 saturated heterocycles. The molecule has 0 aliphatic carbocycles. The molecule has 4 heterocycles. The van der Waals surface area contributed by atoms with E-state index in [9.17, 15) is 0 Å². The van der Waals surface area contributed by atoms with Gasteiger partial charge in [-0.1, -0.05) is 133 Å². The molecule has 0 unspecified atom stereocenters. The van der Waals surface area contributed by atoms with E-state index in [0.717, 1.165) is 100 Å². The lowest BCUT2D eigenvalue weighted by atomic mass is 9.50. The highest BCUT2D eigenvalue weighted by atomic mass is 16.5. The molecule has 11 aromatic rings. The van der Waals surface area contributed by atoms with E-state index in [1.165, 1.54) is 21.8 Å². The highest BCUT2D eigenvalue weighted by Crippen LogP contribution is 2.43. The second-order valence-electron chi connectivity index (χ2n) is 15.6. The Balaban J connectivity index is 0.902. The van der Waals surface area contributed by atoms with Crippen LogP contribution in [0, 0.1) is 0 Å². The van der Waals surface area contributed by atoms with Crippen molar-refractivity contribution in [2.75, 3.05) is 0 Å². The standard InChI is InChI=1S/C54H32BNO3/c1-5-19-47-40(13-1)41-14-2-6-20-48(41)56(47)38-26-23-33(24-27-38)35-25-28-46-51(31-35)57-52-32-37(30-45-43-16-4-8-22-50(43)59-55(46)53(45)52)34-11-9-12-36(29-34)39-17-10-18-44-42-15-3-7-21-49(42)58-54(39)44/h1-32H. The van der Waals surface area contributed by atoms with E-state index < -0.39 is 0 Å². The summed E-state index contributed by atoms with van der Waals surface area (Å²) in [6.07, 6.45) is 0. The van der Waals surface area contributed by atoms with Gasteiger partial charge in [0, 0.05) is 49.3 Å². The number of hydrogen-bond acceptors (Lipinski definition) is 3. The summed E-state index contributed by atoms with van der Waals surface area (Å²) in [5, 5.41) is 4.76. The summed E-state index contributed by atoms with van der Waals surface area (Å²) < 4.78 is 22.6. The molecule has 0 fully saturated rings. The monoisotopic (exact) mass is 753 g/mol. The number of hydrogen-bond donors (Lipinski definition) is 0. The van der Waals surface area contributed by atoms with E-state index >= 15 is 0 Å². The Morgan fingerprint density at radius 1 is 0.390 bits per heavy atom. The first-order valence-corrected chi connectivity index (χ1v) is 20.1. The molecule has 0 N–H and O–H groups in total. The maximum atomic E-state index is 6.95. The largest absolute Gasteiger partial charge is 0.551 e. The minimum atomic E-state index is -0.295. The number of ether oxygens (including phenoxy) is 1. The third-order valence-electron chi connectivity index (χ3n) is 12.3. The molecule has 0 atom stereocenters. The van der Waals surface area contributed by atoms with Crippen molar-refractivity contribution in [2.24, 2.45) is 0 Å². The predicted molar refractivity (Wildman–Crippen MR) is 242 cm³/mol. The maximum absolute atomic E-state index is 6.95. The number of benzene rings is 9. The fourth-order valence-corrected chi connectivity index (χ4v) is 9.55. The lowest BCUT2D eigenvalue weighted by molar-refractivity contribution is 0.480. The van der Waals surface area contributed by atoms with Crippen LogP contribution in [0.3, 0.4) is 0 Å². The summed E-state index contributed by atoms with van der Waals surface area (Å²) in [5.41, 5.74) is 16.1. The zero-order valence-corrected chi connectivity index (χ0v) is 31.7. The number of fused-ring (bicyclic) bond motifs is 10. The fourth-order valence-electron chi connectivity index (χ4n) is 9.55. The van der Waals surface area contributed by atoms with Crippen LogP contribution >= 0.6 is 0 Å². The predicted octanol–water partition coefficient (Wildman–Crippen LogP) is 13.0. The Bertz CT molecular complexity index is 3470. The normalized spacial score (nSPS) is 12.6. The van der Waals surface area contributed by atoms with Crippen LogP contribution in [-0.2, 0) is 0 Å². The van der Waals surface area contributed by atoms with Crippen LogP contribution in [-0.4, -0.2) is 11.5 Å². The molecule has 0 bridgehead atoms. The van der Waals surface area contributed by atoms with Gasteiger partial charge in [-0.2, -0.15) is 0 Å². The number of aromatic nitrogens is 1. The maximum Gasteiger partial charge on any atom is 0.434 e. The first-order chi connectivity index (χ1) is 29.2. The van der Waals surface area contributed by atoms with E-state index in [1.54, 1.807) is 0 Å². The Morgan fingerprint density at radius 3 is 1.88 bits per heavy atom. The number of nitrogens with zero attached hydrogens (tertiary/aromatic N) is 1. The zero-order valence-electron chi connectivity index (χ0n) is 31.7. The summed E-state index contributed by atoms with van der Waals surface area (Å²) in [5.74, 6) is 2.49. The highest BCUT2D eigenvalue weighted by Gasteiger charge is 2.41. The van der Waals surface area contributed by atoms with Gasteiger partial charge in [-0.15, -0.1) is 0 Å². The van der Waals surface area contributed by atoms with Gasteiger partial charge < -0.3 is 18.4 Å². The molecule has 0 spiro atoms. The minimum Gasteiger partial charge on any atom is -0.551 e. The third kappa shape index (κ3) is 4.85. The Labute approximate surface area is 340 Å². The molecule has 0 amide bonds. The van der Waals surface area contributed by atoms with Gasteiger partial charge in [-0.25, -0.2) is 0 Å². The van der Waals surface area contributed by atoms with Gasteiger partial charge in [0.2, 0.25) is 0 Å². The van der Waals surface area contributed by atoms with Gasteiger partial charge in [0.15, 0.2) is 0 Å². The smallest absolute Gasteiger partial charge is 0.434 e. The Hall–Kier alpha value is -7.76. The average Bonchev–Trinajstić information content (AvgIpc) is 3.85. The lowest BCUT2D eigenvalue weighted by Crippen LogP contribution is -2.53. The molecule has 9 aromatic carbocycles. The molecule has 2 aromatic heterocycles. The van der Waals surface area contributed by atoms with Gasteiger partial charge in [0.25, 0.3) is 0 Å². The van der Waals surface area contributed by atoms with E-state index in [2.05, 4.69) is 180 Å². The van der Waals surface area contributed by atoms with Gasteiger partial charge in [-0.3, -0.25) is 0 Å². The molecule has 274 valence electrons. The fraction of sp³-hybridized carbons (Fsp3) is 0.